The van der Waals surface area contributed by atoms with Crippen molar-refractivity contribution < 1.29 is 0 Å². The van der Waals surface area contributed by atoms with Gasteiger partial charge in [-0.15, -0.1) is 0 Å². The molecule has 0 aromatic carbocycles. The molecule has 0 spiro atoms. The van der Waals surface area contributed by atoms with Crippen LogP contribution in [0.5, 0.6) is 0 Å². The fourth-order valence-corrected chi connectivity index (χ4v) is 1.48. The molecule has 1 aliphatic rings. The molecule has 3 N–H and O–H groups in total. The number of aromatic nitrogens is 1. The summed E-state index contributed by atoms with van der Waals surface area (Å²) in [7, 11) is 0. The van der Waals surface area contributed by atoms with Gasteiger partial charge >= 0.3 is 0 Å². The fraction of sp³-hybridized carbons (Fsp3) is 0.500. The lowest BCUT2D eigenvalue weighted by atomic mass is 10.3. The van der Waals surface area contributed by atoms with E-state index >= 15 is 0 Å². The highest BCUT2D eigenvalue weighted by atomic mass is 15.0. The third kappa shape index (κ3) is 1.91. The molecule has 0 aliphatic heterocycles. The molecule has 2 rings (SSSR count). The van der Waals surface area contributed by atoms with Crippen molar-refractivity contribution in [2.75, 3.05) is 17.6 Å². The lowest BCUT2D eigenvalue weighted by Crippen LogP contribution is -2.07. The number of hydrogen-bond acceptors (Lipinski definition) is 3. The number of hydrogen-bond donors (Lipinski definition) is 2. The zero-order valence-corrected chi connectivity index (χ0v) is 7.83. The van der Waals surface area contributed by atoms with E-state index in [0.717, 1.165) is 29.9 Å². The van der Waals surface area contributed by atoms with E-state index in [4.69, 9.17) is 5.73 Å². The molecule has 3 heteroatoms. The Balaban J connectivity index is 1.90. The van der Waals surface area contributed by atoms with Gasteiger partial charge < -0.3 is 11.1 Å². The molecule has 1 saturated carbocycles. The molecular weight excluding hydrogens is 162 g/mol. The molecule has 1 aromatic heterocycles. The van der Waals surface area contributed by atoms with Crippen LogP contribution in [-0.2, 0) is 0 Å². The predicted octanol–water partition coefficient (Wildman–Crippen LogP) is 1.73. The van der Waals surface area contributed by atoms with Crippen LogP contribution >= 0.6 is 0 Å². The minimum absolute atomic E-state index is 0.732. The highest BCUT2D eigenvalue weighted by molar-refractivity contribution is 5.60. The van der Waals surface area contributed by atoms with Gasteiger partial charge in [-0.2, -0.15) is 0 Å². The molecule has 1 heterocycles. The molecule has 70 valence electrons. The fourth-order valence-electron chi connectivity index (χ4n) is 1.48. The number of nitrogen functional groups attached to an aromatic ring is 1. The molecule has 0 bridgehead atoms. The Morgan fingerprint density at radius 2 is 2.46 bits per heavy atom. The minimum Gasteiger partial charge on any atom is -0.396 e. The number of anilines is 2. The largest absolute Gasteiger partial charge is 0.396 e. The van der Waals surface area contributed by atoms with E-state index in [1.807, 2.05) is 12.1 Å². The van der Waals surface area contributed by atoms with E-state index in [1.165, 1.54) is 6.42 Å². The molecule has 1 aliphatic carbocycles. The summed E-state index contributed by atoms with van der Waals surface area (Å²) in [4.78, 5) is 4.17. The van der Waals surface area contributed by atoms with Gasteiger partial charge in [0.15, 0.2) is 0 Å². The van der Waals surface area contributed by atoms with Gasteiger partial charge in [-0.05, 0) is 30.4 Å². The Kier molecular flexibility index (Phi) is 2.08. The summed E-state index contributed by atoms with van der Waals surface area (Å²) in [5.74, 6) is 2.51. The third-order valence-electron chi connectivity index (χ3n) is 2.65. The Hall–Kier alpha value is -1.25. The van der Waals surface area contributed by atoms with Crippen LogP contribution in [-0.4, -0.2) is 11.5 Å². The summed E-state index contributed by atoms with van der Waals surface area (Å²) < 4.78 is 0. The van der Waals surface area contributed by atoms with Gasteiger partial charge in [0.2, 0.25) is 0 Å². The van der Waals surface area contributed by atoms with E-state index in [9.17, 15) is 0 Å². The van der Waals surface area contributed by atoms with E-state index in [1.54, 1.807) is 6.20 Å². The van der Waals surface area contributed by atoms with Crippen LogP contribution in [0.3, 0.4) is 0 Å². The van der Waals surface area contributed by atoms with Crippen LogP contribution in [0.2, 0.25) is 0 Å². The second-order valence-electron chi connectivity index (χ2n) is 3.80. The molecule has 0 amide bonds. The molecule has 3 nitrogen and oxygen atoms in total. The van der Waals surface area contributed by atoms with Crippen LogP contribution in [0, 0.1) is 11.8 Å². The van der Waals surface area contributed by atoms with Crippen LogP contribution in [0.25, 0.3) is 0 Å². The second kappa shape index (κ2) is 3.24. The van der Waals surface area contributed by atoms with Crippen molar-refractivity contribution in [3.05, 3.63) is 18.3 Å². The standard InChI is InChI=1S/C10H15N3/c1-7-5-8(7)6-13-10-9(11)3-2-4-12-10/h2-4,7-8H,5-6,11H2,1H3,(H,12,13). The van der Waals surface area contributed by atoms with Crippen LogP contribution in [0.4, 0.5) is 11.5 Å². The van der Waals surface area contributed by atoms with E-state index in [0.29, 0.717) is 0 Å². The van der Waals surface area contributed by atoms with Crippen LogP contribution in [0.1, 0.15) is 13.3 Å². The van der Waals surface area contributed by atoms with E-state index in [-0.39, 0.29) is 0 Å². The SMILES string of the molecule is CC1CC1CNc1ncccc1N. The van der Waals surface area contributed by atoms with Crippen LogP contribution in [0.15, 0.2) is 18.3 Å². The first-order valence-corrected chi connectivity index (χ1v) is 4.71. The van der Waals surface area contributed by atoms with Gasteiger partial charge in [0.1, 0.15) is 5.82 Å². The zero-order valence-electron chi connectivity index (χ0n) is 7.83. The number of pyridine rings is 1. The first-order valence-electron chi connectivity index (χ1n) is 4.71. The van der Waals surface area contributed by atoms with Crippen molar-refractivity contribution in [1.29, 1.82) is 0 Å². The van der Waals surface area contributed by atoms with Gasteiger partial charge in [0.05, 0.1) is 5.69 Å². The summed E-state index contributed by atoms with van der Waals surface area (Å²) in [6, 6.07) is 3.71. The summed E-state index contributed by atoms with van der Waals surface area (Å²) in [5, 5.41) is 3.27. The van der Waals surface area contributed by atoms with E-state index in [2.05, 4.69) is 17.2 Å². The molecule has 1 aromatic rings. The van der Waals surface area contributed by atoms with Crippen molar-refractivity contribution in [3.8, 4) is 0 Å². The number of rotatable bonds is 3. The van der Waals surface area contributed by atoms with Gasteiger partial charge in [0.25, 0.3) is 0 Å². The smallest absolute Gasteiger partial charge is 0.149 e. The monoisotopic (exact) mass is 177 g/mol. The molecule has 0 radical (unpaired) electrons. The lowest BCUT2D eigenvalue weighted by Gasteiger charge is -2.06. The molecule has 1 fully saturated rings. The summed E-state index contributed by atoms with van der Waals surface area (Å²) >= 11 is 0. The van der Waals surface area contributed by atoms with Gasteiger partial charge in [-0.25, -0.2) is 4.98 Å². The topological polar surface area (TPSA) is 50.9 Å². The van der Waals surface area contributed by atoms with E-state index < -0.39 is 0 Å². The van der Waals surface area contributed by atoms with Crippen molar-refractivity contribution in [2.45, 2.75) is 13.3 Å². The predicted molar refractivity (Wildman–Crippen MR) is 54.4 cm³/mol. The van der Waals surface area contributed by atoms with Gasteiger partial charge in [-0.1, -0.05) is 6.92 Å². The second-order valence-corrected chi connectivity index (χ2v) is 3.80. The highest BCUT2D eigenvalue weighted by Gasteiger charge is 2.31. The highest BCUT2D eigenvalue weighted by Crippen LogP contribution is 2.37. The maximum absolute atomic E-state index is 5.74. The minimum atomic E-state index is 0.732. The number of nitrogens with two attached hydrogens (primary N) is 1. The van der Waals surface area contributed by atoms with Crippen molar-refractivity contribution in [1.82, 2.24) is 4.98 Å². The van der Waals surface area contributed by atoms with Crippen molar-refractivity contribution >= 4 is 11.5 Å². The maximum atomic E-state index is 5.74. The van der Waals surface area contributed by atoms with Crippen LogP contribution < -0.4 is 11.1 Å². The van der Waals surface area contributed by atoms with Gasteiger partial charge in [-0.3, -0.25) is 0 Å². The quantitative estimate of drug-likeness (QED) is 0.739. The Morgan fingerprint density at radius 3 is 3.08 bits per heavy atom. The van der Waals surface area contributed by atoms with Crippen molar-refractivity contribution in [2.24, 2.45) is 11.8 Å². The first-order chi connectivity index (χ1) is 6.27. The summed E-state index contributed by atoms with van der Waals surface area (Å²) in [6.07, 6.45) is 3.09. The lowest BCUT2D eigenvalue weighted by molar-refractivity contribution is 0.785. The molecule has 0 saturated heterocycles. The molecule has 2 unspecified atom stereocenters. The normalized spacial score (nSPS) is 25.6. The number of nitrogens with zero attached hydrogens (tertiary/aromatic N) is 1. The summed E-state index contributed by atoms with van der Waals surface area (Å²) in [6.45, 7) is 3.27. The number of nitrogens with one attached hydrogen (secondary N) is 1. The first kappa shape index (κ1) is 8.35. The Labute approximate surface area is 78.4 Å². The molecule has 2 atom stereocenters. The Morgan fingerprint density at radius 1 is 1.69 bits per heavy atom. The van der Waals surface area contributed by atoms with Gasteiger partial charge in [0, 0.05) is 12.7 Å². The average molecular weight is 177 g/mol. The third-order valence-corrected chi connectivity index (χ3v) is 2.65. The molecule has 13 heavy (non-hydrogen) atoms. The Bertz CT molecular complexity index is 298. The summed E-state index contributed by atoms with van der Waals surface area (Å²) in [5.41, 5.74) is 6.47. The zero-order chi connectivity index (χ0) is 9.26. The average Bonchev–Trinajstić information content (AvgIpc) is 2.81. The van der Waals surface area contributed by atoms with Crippen molar-refractivity contribution in [3.63, 3.8) is 0 Å². The molecular formula is C10H15N3. The maximum Gasteiger partial charge on any atom is 0.149 e.